The van der Waals surface area contributed by atoms with Crippen molar-refractivity contribution in [2.24, 2.45) is 0 Å². The van der Waals surface area contributed by atoms with Gasteiger partial charge < -0.3 is 9.26 Å². The maximum Gasteiger partial charge on any atom is 0.193 e. The summed E-state index contributed by atoms with van der Waals surface area (Å²) < 4.78 is 11.2. The minimum Gasteiger partial charge on any atom is -0.497 e. The van der Waals surface area contributed by atoms with E-state index in [0.29, 0.717) is 0 Å². The van der Waals surface area contributed by atoms with E-state index < -0.39 is 5.47 Å². The summed E-state index contributed by atoms with van der Waals surface area (Å²) >= 11 is 10.2. The van der Waals surface area contributed by atoms with Crippen LogP contribution in [0.3, 0.4) is 0 Å². The van der Waals surface area contributed by atoms with Crippen LogP contribution in [0.1, 0.15) is 0 Å². The zero-order valence-corrected chi connectivity index (χ0v) is 14.6. The van der Waals surface area contributed by atoms with Crippen LogP contribution in [0.2, 0.25) is 0 Å². The maximum atomic E-state index is 6.02. The third kappa shape index (κ3) is 3.30. The molecule has 0 aliphatic rings. The Balaban J connectivity index is 1.89. The molecule has 3 aromatic rings. The van der Waals surface area contributed by atoms with Crippen LogP contribution < -0.4 is 14.6 Å². The van der Waals surface area contributed by atoms with E-state index >= 15 is 0 Å². The van der Waals surface area contributed by atoms with Crippen molar-refractivity contribution in [3.8, 4) is 11.5 Å². The van der Waals surface area contributed by atoms with Crippen LogP contribution in [-0.2, 0) is 11.8 Å². The van der Waals surface area contributed by atoms with Crippen molar-refractivity contribution in [3.63, 3.8) is 0 Å². The van der Waals surface area contributed by atoms with Gasteiger partial charge in [-0.15, -0.1) is 0 Å². The Morgan fingerprint density at radius 1 is 0.864 bits per heavy atom. The minimum absolute atomic E-state index is 0.743. The number of rotatable bonds is 4. The van der Waals surface area contributed by atoms with Crippen LogP contribution in [0.5, 0.6) is 11.5 Å². The lowest BCUT2D eigenvalue weighted by Crippen LogP contribution is -2.05. The summed E-state index contributed by atoms with van der Waals surface area (Å²) in [7, 11) is 1.64. The number of methoxy groups -OCH3 is 1. The number of benzene rings is 3. The lowest BCUT2D eigenvalue weighted by Gasteiger charge is -2.18. The lowest BCUT2D eigenvalue weighted by atomic mass is 10.1. The smallest absolute Gasteiger partial charge is 0.193 e. The second-order valence-electron chi connectivity index (χ2n) is 4.82. The van der Waals surface area contributed by atoms with Crippen LogP contribution in [0.4, 0.5) is 0 Å². The Morgan fingerprint density at radius 2 is 1.50 bits per heavy atom. The molecule has 2 nitrogen and oxygen atoms in total. The van der Waals surface area contributed by atoms with Gasteiger partial charge in [0.25, 0.3) is 0 Å². The van der Waals surface area contributed by atoms with Crippen molar-refractivity contribution in [2.45, 2.75) is 0 Å². The highest BCUT2D eigenvalue weighted by Gasteiger charge is 2.17. The third-order valence-corrected chi connectivity index (χ3v) is 6.55. The van der Waals surface area contributed by atoms with E-state index in [1.165, 1.54) is 5.39 Å². The van der Waals surface area contributed by atoms with Gasteiger partial charge in [-0.25, -0.2) is 0 Å². The molecule has 0 heterocycles. The summed E-state index contributed by atoms with van der Waals surface area (Å²) in [6, 6.07) is 21.7. The SMILES string of the molecule is COc1ccc(P(=S)(S)Oc2ccc3ccccc3c2)cc1. The second-order valence-corrected chi connectivity index (χ2v) is 10.6. The van der Waals surface area contributed by atoms with Gasteiger partial charge >= 0.3 is 0 Å². The molecule has 0 bridgehead atoms. The van der Waals surface area contributed by atoms with Crippen molar-refractivity contribution < 1.29 is 9.26 Å². The van der Waals surface area contributed by atoms with Gasteiger partial charge in [0.05, 0.1) is 7.11 Å². The quantitative estimate of drug-likeness (QED) is 0.541. The van der Waals surface area contributed by atoms with E-state index in [1.54, 1.807) is 7.11 Å². The zero-order chi connectivity index (χ0) is 15.6. The summed E-state index contributed by atoms with van der Waals surface area (Å²) in [6.07, 6.45) is 0. The summed E-state index contributed by atoms with van der Waals surface area (Å²) in [5.74, 6) is 1.53. The molecule has 112 valence electrons. The number of thiol groups is 1. The van der Waals surface area contributed by atoms with E-state index in [2.05, 4.69) is 24.4 Å². The molecule has 5 heteroatoms. The molecule has 1 atom stereocenters. The Labute approximate surface area is 140 Å². The predicted molar refractivity (Wildman–Crippen MR) is 100 cm³/mol. The molecular weight excluding hydrogens is 331 g/mol. The Kier molecular flexibility index (Phi) is 4.44. The number of hydrogen-bond donors (Lipinski definition) is 1. The second kappa shape index (κ2) is 6.33. The molecule has 1 unspecified atom stereocenters. The Hall–Kier alpha value is -1.48. The van der Waals surface area contributed by atoms with Crippen molar-refractivity contribution in [1.82, 2.24) is 0 Å². The standard InChI is InChI=1S/C17H15O2PS2/c1-18-15-8-10-17(11-9-15)20(21,22)19-16-7-6-13-4-2-3-5-14(13)12-16/h2-12H,1H3,(H,21,22). The highest BCUT2D eigenvalue weighted by atomic mass is 32.9. The first-order valence-corrected chi connectivity index (χ1v) is 10.6. The normalized spacial score (nSPS) is 13.5. The van der Waals surface area contributed by atoms with Crippen LogP contribution in [-0.4, -0.2) is 7.11 Å². The van der Waals surface area contributed by atoms with E-state index in [1.807, 2.05) is 54.6 Å². The molecular formula is C17H15O2PS2. The van der Waals surface area contributed by atoms with Gasteiger partial charge in [-0.3, -0.25) is 0 Å². The van der Waals surface area contributed by atoms with Crippen LogP contribution in [0.15, 0.2) is 66.7 Å². The van der Waals surface area contributed by atoms with Crippen molar-refractivity contribution in [1.29, 1.82) is 0 Å². The molecule has 0 aliphatic heterocycles. The van der Waals surface area contributed by atoms with Gasteiger partial charge in [-0.1, -0.05) is 42.6 Å². The molecule has 0 amide bonds. The third-order valence-electron chi connectivity index (χ3n) is 3.35. The van der Waals surface area contributed by atoms with E-state index in [4.69, 9.17) is 21.1 Å². The molecule has 0 N–H and O–H groups in total. The molecule has 0 fully saturated rings. The molecule has 0 saturated heterocycles. The van der Waals surface area contributed by atoms with Crippen LogP contribution >= 0.6 is 17.7 Å². The average molecular weight is 346 g/mol. The largest absolute Gasteiger partial charge is 0.497 e. The summed E-state index contributed by atoms with van der Waals surface area (Å²) in [5.41, 5.74) is -2.40. The first-order chi connectivity index (χ1) is 10.6. The van der Waals surface area contributed by atoms with Gasteiger partial charge in [-0.2, -0.15) is 0 Å². The van der Waals surface area contributed by atoms with Crippen LogP contribution in [0, 0.1) is 0 Å². The van der Waals surface area contributed by atoms with Crippen LogP contribution in [0.25, 0.3) is 10.8 Å². The fraction of sp³-hybridized carbons (Fsp3) is 0.0588. The molecule has 22 heavy (non-hydrogen) atoms. The van der Waals surface area contributed by atoms with E-state index in [9.17, 15) is 0 Å². The van der Waals surface area contributed by atoms with E-state index in [0.717, 1.165) is 22.2 Å². The van der Waals surface area contributed by atoms with Gasteiger partial charge in [-0.05, 0) is 59.0 Å². The van der Waals surface area contributed by atoms with Crippen molar-refractivity contribution >= 4 is 45.6 Å². The Morgan fingerprint density at radius 3 is 2.18 bits per heavy atom. The molecule has 3 rings (SSSR count). The van der Waals surface area contributed by atoms with Gasteiger partial charge in [0.2, 0.25) is 0 Å². The number of hydrogen-bond acceptors (Lipinski definition) is 3. The monoisotopic (exact) mass is 346 g/mol. The summed E-state index contributed by atoms with van der Waals surface area (Å²) in [4.78, 5) is 0. The highest BCUT2D eigenvalue weighted by Crippen LogP contribution is 2.51. The average Bonchev–Trinajstić information content (AvgIpc) is 2.54. The maximum absolute atomic E-state index is 6.02. The molecule has 0 radical (unpaired) electrons. The van der Waals surface area contributed by atoms with Gasteiger partial charge in [0, 0.05) is 5.30 Å². The fourth-order valence-electron chi connectivity index (χ4n) is 2.19. The topological polar surface area (TPSA) is 18.5 Å². The summed E-state index contributed by atoms with van der Waals surface area (Å²) in [5, 5.41) is 3.20. The van der Waals surface area contributed by atoms with Crippen molar-refractivity contribution in [3.05, 3.63) is 66.7 Å². The molecule has 0 spiro atoms. The number of ether oxygens (including phenoxy) is 1. The Bertz CT molecular complexity index is 847. The summed E-state index contributed by atoms with van der Waals surface area (Å²) in [6.45, 7) is 0. The minimum atomic E-state index is -2.40. The van der Waals surface area contributed by atoms with Crippen molar-refractivity contribution in [2.75, 3.05) is 7.11 Å². The molecule has 0 aromatic heterocycles. The molecule has 0 saturated carbocycles. The predicted octanol–water partition coefficient (Wildman–Crippen LogP) is 4.79. The first kappa shape index (κ1) is 15.4. The number of fused-ring (bicyclic) bond motifs is 1. The highest BCUT2D eigenvalue weighted by molar-refractivity contribution is 8.64. The van der Waals surface area contributed by atoms with E-state index in [-0.39, 0.29) is 0 Å². The molecule has 0 aliphatic carbocycles. The zero-order valence-electron chi connectivity index (χ0n) is 12.0. The van der Waals surface area contributed by atoms with Gasteiger partial charge in [0.15, 0.2) is 5.47 Å². The lowest BCUT2D eigenvalue weighted by molar-refractivity contribution is 0.415. The van der Waals surface area contributed by atoms with Gasteiger partial charge in [0.1, 0.15) is 11.5 Å². The fourth-order valence-corrected chi connectivity index (χ4v) is 4.53. The molecule has 3 aromatic carbocycles. The first-order valence-electron chi connectivity index (χ1n) is 6.74.